The number of ether oxygens (including phenoxy) is 1. The zero-order valence-electron chi connectivity index (χ0n) is 11.8. The summed E-state index contributed by atoms with van der Waals surface area (Å²) in [6.45, 7) is 0. The molecule has 0 aliphatic rings. The van der Waals surface area contributed by atoms with E-state index in [4.69, 9.17) is 11.6 Å². The predicted molar refractivity (Wildman–Crippen MR) is 87.8 cm³/mol. The molecule has 26 heavy (non-hydrogen) atoms. The minimum absolute atomic E-state index is 0. The summed E-state index contributed by atoms with van der Waals surface area (Å²) in [5.41, 5.74) is -2.11. The number of halogens is 9. The molecule has 0 amide bonds. The highest BCUT2D eigenvalue weighted by molar-refractivity contribution is 9.11. The Morgan fingerprint density at radius 3 is 1.65 bits per heavy atom. The van der Waals surface area contributed by atoms with Crippen molar-refractivity contribution >= 4 is 43.5 Å². The smallest absolute Gasteiger partial charge is 0.434 e. The van der Waals surface area contributed by atoms with Crippen LogP contribution in [-0.2, 0) is 12.4 Å². The van der Waals surface area contributed by atoms with Crippen LogP contribution in [0.5, 0.6) is 5.88 Å². The van der Waals surface area contributed by atoms with Crippen LogP contribution in [-0.4, -0.2) is 27.0 Å². The van der Waals surface area contributed by atoms with Gasteiger partial charge in [-0.05, 0) is 31.9 Å². The minimum atomic E-state index is -4.51. The van der Waals surface area contributed by atoms with Gasteiger partial charge in [0.25, 0.3) is 0 Å². The molecule has 0 bridgehead atoms. The lowest BCUT2D eigenvalue weighted by Gasteiger charge is -2.08. The van der Waals surface area contributed by atoms with Crippen LogP contribution in [0.4, 0.5) is 26.3 Å². The Balaban J connectivity index is 0.000000464. The molecule has 0 radical (unpaired) electrons. The largest absolute Gasteiger partial charge is 0.480 e. The van der Waals surface area contributed by atoms with E-state index in [1.807, 2.05) is 0 Å². The summed E-state index contributed by atoms with van der Waals surface area (Å²) in [6.07, 6.45) is -7.46. The van der Waals surface area contributed by atoms with Gasteiger partial charge in [-0.25, -0.2) is 19.9 Å². The minimum Gasteiger partial charge on any atom is -0.480 e. The lowest BCUT2D eigenvalue weighted by molar-refractivity contribution is -0.142. The highest BCUT2D eigenvalue weighted by Gasteiger charge is 2.37. The van der Waals surface area contributed by atoms with E-state index in [1.165, 1.54) is 7.11 Å². The van der Waals surface area contributed by atoms with E-state index in [-0.39, 0.29) is 27.4 Å². The zero-order chi connectivity index (χ0) is 19.4. The average molecular weight is 534 g/mol. The molecule has 2 heterocycles. The lowest BCUT2D eigenvalue weighted by atomic mass is 10.4. The number of hydrogen-bond acceptors (Lipinski definition) is 5. The molecule has 2 rings (SSSR count). The van der Waals surface area contributed by atoms with Crippen molar-refractivity contribution in [1.29, 1.82) is 0 Å². The van der Waals surface area contributed by atoms with E-state index in [1.54, 1.807) is 0 Å². The van der Waals surface area contributed by atoms with Gasteiger partial charge in [-0.3, -0.25) is 0 Å². The monoisotopic (exact) mass is 532 g/mol. The quantitative estimate of drug-likeness (QED) is 0.341. The maximum Gasteiger partial charge on any atom is 0.434 e. The van der Waals surface area contributed by atoms with Crippen LogP contribution >= 0.6 is 43.5 Å². The molecular weight excluding hydrogens is 525 g/mol. The van der Waals surface area contributed by atoms with Gasteiger partial charge in [-0.1, -0.05) is 19.0 Å². The Morgan fingerprint density at radius 2 is 1.27 bits per heavy atom. The van der Waals surface area contributed by atoms with Crippen molar-refractivity contribution in [2.75, 3.05) is 7.11 Å². The third kappa shape index (κ3) is 6.50. The summed E-state index contributed by atoms with van der Waals surface area (Å²) in [5, 5.41) is -0.252. The number of nitrogens with zero attached hydrogens (tertiary/aromatic N) is 4. The summed E-state index contributed by atoms with van der Waals surface area (Å²) in [4.78, 5) is 13.0. The first-order valence-electron chi connectivity index (χ1n) is 5.74. The Labute approximate surface area is 165 Å². The molecule has 2 aromatic heterocycles. The molecule has 146 valence electrons. The fraction of sp³-hybridized carbons (Fsp3) is 0.333. The van der Waals surface area contributed by atoms with Gasteiger partial charge in [-0.15, -0.1) is 0 Å². The zero-order valence-corrected chi connectivity index (χ0v) is 15.7. The summed E-state index contributed by atoms with van der Waals surface area (Å²) < 4.78 is 76.7. The molecule has 2 aromatic rings. The molecule has 0 aliphatic carbocycles. The summed E-state index contributed by atoms with van der Waals surface area (Å²) in [7, 11) is 1.23. The Hall–Kier alpha value is -1.21. The van der Waals surface area contributed by atoms with E-state index in [2.05, 4.69) is 56.5 Å². The molecule has 5 nitrogen and oxygen atoms in total. The van der Waals surface area contributed by atoms with Crippen molar-refractivity contribution in [3.05, 3.63) is 38.1 Å². The van der Waals surface area contributed by atoms with Gasteiger partial charge in [0.2, 0.25) is 5.88 Å². The molecule has 0 spiro atoms. The van der Waals surface area contributed by atoms with E-state index in [9.17, 15) is 26.3 Å². The molecule has 0 saturated carbocycles. The Kier molecular flexibility index (Phi) is 9.20. The second-order valence-electron chi connectivity index (χ2n) is 3.87. The van der Waals surface area contributed by atoms with Crippen LogP contribution in [0.3, 0.4) is 0 Å². The van der Waals surface area contributed by atoms with E-state index in [0.717, 1.165) is 12.7 Å². The van der Waals surface area contributed by atoms with Crippen LogP contribution in [0.1, 0.15) is 18.8 Å². The first-order chi connectivity index (χ1) is 11.4. The number of hydrogen-bond donors (Lipinski definition) is 0. The predicted octanol–water partition coefficient (Wildman–Crippen LogP) is 5.81. The van der Waals surface area contributed by atoms with Crippen molar-refractivity contribution in [1.82, 2.24) is 19.9 Å². The van der Waals surface area contributed by atoms with E-state index in [0.29, 0.717) is 0 Å². The fourth-order valence-electron chi connectivity index (χ4n) is 1.24. The van der Waals surface area contributed by atoms with Crippen molar-refractivity contribution in [2.24, 2.45) is 0 Å². The molecule has 0 fully saturated rings. The van der Waals surface area contributed by atoms with Crippen molar-refractivity contribution < 1.29 is 31.1 Å². The highest BCUT2D eigenvalue weighted by Crippen LogP contribution is 2.36. The normalized spacial score (nSPS) is 11.2. The Bertz CT molecular complexity index is 745. The molecule has 0 unspecified atom stereocenters. The molecule has 14 heteroatoms. The third-order valence-electron chi connectivity index (χ3n) is 2.23. The van der Waals surface area contributed by atoms with Crippen molar-refractivity contribution in [3.8, 4) is 5.88 Å². The van der Waals surface area contributed by atoms with Crippen LogP contribution in [0.2, 0.25) is 5.15 Å². The van der Waals surface area contributed by atoms with Gasteiger partial charge in [0.05, 0.1) is 11.6 Å². The first-order valence-corrected chi connectivity index (χ1v) is 7.70. The van der Waals surface area contributed by atoms with Gasteiger partial charge >= 0.3 is 12.4 Å². The second kappa shape index (κ2) is 9.65. The van der Waals surface area contributed by atoms with Crippen LogP contribution in [0.15, 0.2) is 21.6 Å². The highest BCUT2D eigenvalue weighted by atomic mass is 79.9. The van der Waals surface area contributed by atoms with E-state index < -0.39 is 23.7 Å². The van der Waals surface area contributed by atoms with Crippen molar-refractivity contribution in [2.45, 2.75) is 19.8 Å². The van der Waals surface area contributed by atoms with Crippen LogP contribution in [0, 0.1) is 0 Å². The number of methoxy groups -OCH3 is 1. The molecular formula is C12H9Br2ClF6N4O. The number of alkyl halides is 6. The maximum atomic E-state index is 12.2. The van der Waals surface area contributed by atoms with Gasteiger partial charge in [0.15, 0.2) is 11.4 Å². The van der Waals surface area contributed by atoms with Gasteiger partial charge in [0.1, 0.15) is 22.3 Å². The second-order valence-corrected chi connectivity index (χ2v) is 5.81. The standard InChI is InChI=1S/C6H4BrF3N2O.C5HBrClF3N2.CH4/c1-13-5-3(7)4(6(8,9)10)11-2-12-5;6-2-3(5(8,9)10)11-1-12-4(2)7;/h2H,1H3;1H;1H4. The maximum absolute atomic E-state index is 12.2. The molecule has 0 N–H and O–H groups in total. The number of rotatable bonds is 1. The van der Waals surface area contributed by atoms with Gasteiger partial charge in [0, 0.05) is 0 Å². The molecule has 0 aliphatic heterocycles. The Morgan fingerprint density at radius 1 is 0.846 bits per heavy atom. The fourth-order valence-corrected chi connectivity index (χ4v) is 2.39. The van der Waals surface area contributed by atoms with E-state index >= 15 is 0 Å². The summed E-state index contributed by atoms with van der Waals surface area (Å²) in [6, 6.07) is 0. The first kappa shape index (κ1) is 24.8. The third-order valence-corrected chi connectivity index (χ3v) is 4.22. The summed E-state index contributed by atoms with van der Waals surface area (Å²) >= 11 is 10.7. The molecule has 0 aromatic carbocycles. The molecule has 0 atom stereocenters. The lowest BCUT2D eigenvalue weighted by Crippen LogP contribution is -2.10. The van der Waals surface area contributed by atoms with Gasteiger partial charge < -0.3 is 4.74 Å². The molecule has 0 saturated heterocycles. The number of aromatic nitrogens is 4. The van der Waals surface area contributed by atoms with Crippen molar-refractivity contribution in [3.63, 3.8) is 0 Å². The van der Waals surface area contributed by atoms with Crippen LogP contribution < -0.4 is 4.74 Å². The topological polar surface area (TPSA) is 60.8 Å². The SMILES string of the molecule is C.COc1ncnc(C(F)(F)F)c1Br.FC(F)(F)c1ncnc(Cl)c1Br. The summed E-state index contributed by atoms with van der Waals surface area (Å²) in [5.74, 6) is -0.137. The van der Waals surface area contributed by atoms with Crippen LogP contribution in [0.25, 0.3) is 0 Å². The van der Waals surface area contributed by atoms with Gasteiger partial charge in [-0.2, -0.15) is 26.3 Å². The average Bonchev–Trinajstić information content (AvgIpc) is 2.48.